The van der Waals surface area contributed by atoms with Crippen molar-refractivity contribution >= 4 is 5.78 Å². The molecule has 30 atom stereocenters. The number of hydrogen-bond acceptors (Lipinski definition) is 31. The lowest BCUT2D eigenvalue weighted by Gasteiger charge is -2.51. The minimum absolute atomic E-state index is 0.590. The highest BCUT2D eigenvalue weighted by Crippen LogP contribution is 2.38. The SMILES string of the molecule is CC(=O)CO[C@@H]1[C@@H](O)[C@H]2O[C@H]3[C@H](O)[C@@H](O)[C@@H](O[C@H]4[C@H](O)[C@@H](O)[C@@H](O[C@H]5[C@H](O)[C@@H](O)[C@@H](O[C@H]6[C@H](O)[C@@H](O)[C@@H](O[C@H]7[C@H](O)[C@@H](O)[C@@H](O[C@H]1[C@@H](CO)O2)O[C@@H]7CO)O[C@@H]6CO)O[C@@H]5CO)O[C@@H]4CO)O[C@@H]3CO. The number of Topliss-reactive ketones (excluding diaryl/α,β-unsaturated/α-hetero) is 1. The Kier molecular flexibility index (Phi) is 19.3. The van der Waals surface area contributed by atoms with Crippen LogP contribution in [0, 0.1) is 0 Å². The van der Waals surface area contributed by atoms with Gasteiger partial charge < -0.3 is 148 Å². The summed E-state index contributed by atoms with van der Waals surface area (Å²) in [5.74, 6) is -0.590. The molecule has 70 heavy (non-hydrogen) atoms. The topological polar surface area (TPSA) is 481 Å². The van der Waals surface area contributed by atoms with Gasteiger partial charge in [-0.05, 0) is 6.92 Å². The van der Waals surface area contributed by atoms with Gasteiger partial charge in [0, 0.05) is 0 Å². The molecule has 22 fully saturated rings. The molecule has 0 amide bonds. The monoisotopic (exact) mass is 1030 g/mol. The number of carbonyl (C=O) groups is 1. The van der Waals surface area contributed by atoms with Crippen molar-refractivity contribution in [3.63, 3.8) is 0 Å². The zero-order valence-corrected chi connectivity index (χ0v) is 37.1. The number of aliphatic hydroxyl groups is 17. The molecule has 12 bridgehead atoms. The third-order valence-electron chi connectivity index (χ3n) is 13.1. The van der Waals surface area contributed by atoms with E-state index in [0.717, 1.165) is 6.92 Å². The van der Waals surface area contributed by atoms with E-state index >= 15 is 0 Å². The van der Waals surface area contributed by atoms with Crippen molar-refractivity contribution in [1.82, 2.24) is 0 Å². The Bertz CT molecular complexity index is 1640. The van der Waals surface area contributed by atoms with Crippen LogP contribution in [-0.4, -0.2) is 323 Å². The summed E-state index contributed by atoms with van der Waals surface area (Å²) in [5, 5.41) is 187. The predicted octanol–water partition coefficient (Wildman–Crippen LogP) is -12.4. The van der Waals surface area contributed by atoms with Gasteiger partial charge in [-0.15, -0.1) is 0 Å². The van der Waals surface area contributed by atoms with Gasteiger partial charge in [-0.25, -0.2) is 0 Å². The highest BCUT2D eigenvalue weighted by Gasteiger charge is 2.59. The van der Waals surface area contributed by atoms with E-state index in [1.165, 1.54) is 0 Å². The summed E-state index contributed by atoms with van der Waals surface area (Å²) >= 11 is 0. The predicted molar refractivity (Wildman–Crippen MR) is 210 cm³/mol. The van der Waals surface area contributed by atoms with Gasteiger partial charge in [0.15, 0.2) is 43.5 Å². The Balaban J connectivity index is 1.22. The maximum Gasteiger partial charge on any atom is 0.187 e. The molecule has 0 aromatic carbocycles. The van der Waals surface area contributed by atoms with Gasteiger partial charge in [0.1, 0.15) is 153 Å². The molecule has 22 rings (SSSR count). The van der Waals surface area contributed by atoms with Gasteiger partial charge in [0.2, 0.25) is 0 Å². The Morgan fingerprint density at radius 2 is 0.514 bits per heavy atom. The molecule has 406 valence electrons. The molecule has 0 aromatic heterocycles. The van der Waals surface area contributed by atoms with Crippen molar-refractivity contribution in [3.8, 4) is 0 Å². The van der Waals surface area contributed by atoms with Gasteiger partial charge in [-0.2, -0.15) is 0 Å². The summed E-state index contributed by atoms with van der Waals surface area (Å²) in [5.41, 5.74) is 0. The minimum atomic E-state index is -2.17. The van der Waals surface area contributed by atoms with Crippen LogP contribution < -0.4 is 0 Å². The fraction of sp³-hybridized carbons (Fsp3) is 0.974. The summed E-state index contributed by atoms with van der Waals surface area (Å²) in [6.07, 6.45) is -58.3. The van der Waals surface area contributed by atoms with Crippen LogP contribution in [0.4, 0.5) is 0 Å². The molecule has 0 radical (unpaired) electrons. The zero-order valence-electron chi connectivity index (χ0n) is 37.1. The molecule has 22 aliphatic heterocycles. The first-order valence-corrected chi connectivity index (χ1v) is 22.4. The van der Waals surface area contributed by atoms with Crippen molar-refractivity contribution in [2.75, 3.05) is 46.2 Å². The van der Waals surface area contributed by atoms with E-state index in [1.807, 2.05) is 0 Å². The van der Waals surface area contributed by atoms with Crippen molar-refractivity contribution in [2.24, 2.45) is 0 Å². The fourth-order valence-corrected chi connectivity index (χ4v) is 9.32. The number of carbonyl (C=O) groups excluding carboxylic acids is 1. The number of hydrogen-bond donors (Lipinski definition) is 17. The van der Waals surface area contributed by atoms with E-state index in [9.17, 15) is 91.6 Å². The van der Waals surface area contributed by atoms with Gasteiger partial charge in [0.05, 0.1) is 39.6 Å². The largest absolute Gasteiger partial charge is 0.394 e. The number of aliphatic hydroxyl groups excluding tert-OH is 17. The quantitative estimate of drug-likeness (QED) is 0.102. The summed E-state index contributed by atoms with van der Waals surface area (Å²) in [7, 11) is 0. The average molecular weight is 1030 g/mol. The normalized spacial score (nSPS) is 52.8. The van der Waals surface area contributed by atoms with Gasteiger partial charge in [-0.3, -0.25) is 4.79 Å². The molecule has 22 aliphatic rings. The second-order valence-corrected chi connectivity index (χ2v) is 17.8. The molecular formula is C39H64O31. The smallest absolute Gasteiger partial charge is 0.187 e. The highest BCUT2D eigenvalue weighted by molar-refractivity contribution is 5.76. The second-order valence-electron chi connectivity index (χ2n) is 17.8. The molecule has 31 nitrogen and oxygen atoms in total. The van der Waals surface area contributed by atoms with Crippen LogP contribution in [0.5, 0.6) is 0 Å². The van der Waals surface area contributed by atoms with Crippen molar-refractivity contribution in [1.29, 1.82) is 0 Å². The number of ether oxygens (including phenoxy) is 13. The van der Waals surface area contributed by atoms with E-state index in [-0.39, 0.29) is 0 Å². The molecule has 31 heteroatoms. The Morgan fingerprint density at radius 3 is 0.729 bits per heavy atom. The number of rotatable bonds is 9. The lowest BCUT2D eigenvalue weighted by molar-refractivity contribution is -0.404. The molecule has 22 saturated heterocycles. The second kappa shape index (κ2) is 24.0. The summed E-state index contributed by atoms with van der Waals surface area (Å²) in [4.78, 5) is 12.1. The third kappa shape index (κ3) is 11.2. The maximum atomic E-state index is 12.1. The minimum Gasteiger partial charge on any atom is -0.394 e. The van der Waals surface area contributed by atoms with Crippen LogP contribution in [0.1, 0.15) is 6.92 Å². The van der Waals surface area contributed by atoms with E-state index in [0.29, 0.717) is 0 Å². The molecular weight excluding hydrogens is 964 g/mol. The molecule has 0 saturated carbocycles. The first-order valence-electron chi connectivity index (χ1n) is 22.4. The van der Waals surface area contributed by atoms with Crippen molar-refractivity contribution < 1.29 is 153 Å². The van der Waals surface area contributed by atoms with Gasteiger partial charge in [0.25, 0.3) is 0 Å². The first kappa shape index (κ1) is 56.2. The van der Waals surface area contributed by atoms with E-state index in [2.05, 4.69) is 0 Å². The van der Waals surface area contributed by atoms with E-state index < -0.39 is 236 Å². The maximum absolute atomic E-state index is 12.1. The molecule has 0 spiro atoms. The molecule has 17 N–H and O–H groups in total. The molecule has 0 unspecified atom stereocenters. The van der Waals surface area contributed by atoms with Crippen LogP contribution in [0.2, 0.25) is 0 Å². The summed E-state index contributed by atoms with van der Waals surface area (Å²) in [6, 6.07) is 0. The van der Waals surface area contributed by atoms with Gasteiger partial charge >= 0.3 is 0 Å². The number of ketones is 1. The van der Waals surface area contributed by atoms with Gasteiger partial charge in [-0.1, -0.05) is 0 Å². The van der Waals surface area contributed by atoms with Crippen LogP contribution in [0.3, 0.4) is 0 Å². The Morgan fingerprint density at radius 1 is 0.314 bits per heavy atom. The van der Waals surface area contributed by atoms with Crippen LogP contribution in [0.25, 0.3) is 0 Å². The Labute approximate surface area is 396 Å². The van der Waals surface area contributed by atoms with Crippen molar-refractivity contribution in [3.05, 3.63) is 0 Å². The Hall–Kier alpha value is -1.53. The highest BCUT2D eigenvalue weighted by atomic mass is 16.8. The van der Waals surface area contributed by atoms with Crippen LogP contribution in [-0.2, 0) is 66.4 Å². The zero-order chi connectivity index (χ0) is 51.0. The summed E-state index contributed by atoms with van der Waals surface area (Å²) < 4.78 is 74.5. The fourth-order valence-electron chi connectivity index (χ4n) is 9.32. The average Bonchev–Trinajstić information content (AvgIpc) is 3.34. The van der Waals surface area contributed by atoms with E-state index in [1.54, 1.807) is 0 Å². The lowest BCUT2D eigenvalue weighted by atomic mass is 9.94. The van der Waals surface area contributed by atoms with Crippen molar-refractivity contribution in [2.45, 2.75) is 191 Å². The standard InChI is InChI=1S/C39H64O31/c1-9(46)8-58-33-26(57)39-64-15(7-45)32(33)70-38-25(56)20(51)30(13(5-43)63-38)68-36-23(54)18(49)28(11(3-41)61-36)66-34-21(52)16(47)27(10(2-40)59-34)65-35-22(53)17(48)29(12(4-42)60-35)67-37-24(55)19(50)31(69-39)14(6-44)62-37/h10-45,47-57H,2-8H2,1H3/t10-,11-,12-,13-,14-,15-,16-,17-,18-,19-,20-,21-,22-,23-,24-,25-,26-,27-,28-,29-,30-,31-,32+,33-,34-,35-,36-,37-,38-,39-/m1/s1. The van der Waals surface area contributed by atoms with Crippen LogP contribution >= 0.6 is 0 Å². The van der Waals surface area contributed by atoms with Crippen LogP contribution in [0.15, 0.2) is 0 Å². The van der Waals surface area contributed by atoms with E-state index in [4.69, 9.17) is 61.6 Å². The molecule has 22 heterocycles. The lowest BCUT2D eigenvalue weighted by Crippen LogP contribution is -2.69. The first-order chi connectivity index (χ1) is 33.3. The molecule has 0 aliphatic carbocycles. The molecule has 0 aromatic rings. The third-order valence-corrected chi connectivity index (χ3v) is 13.1. The summed E-state index contributed by atoms with van der Waals surface area (Å²) in [6.45, 7) is -5.64.